The first-order chi connectivity index (χ1) is 13.5. The van der Waals surface area contributed by atoms with Crippen molar-refractivity contribution in [2.75, 3.05) is 11.9 Å². The molecule has 0 radical (unpaired) electrons. The molecule has 0 saturated heterocycles. The van der Waals surface area contributed by atoms with E-state index in [4.69, 9.17) is 12.6 Å². The van der Waals surface area contributed by atoms with E-state index in [-0.39, 0.29) is 23.8 Å². The van der Waals surface area contributed by atoms with Gasteiger partial charge in [-0.3, -0.25) is 0 Å². The molecule has 0 fully saturated rings. The Bertz CT molecular complexity index is 1140. The van der Waals surface area contributed by atoms with E-state index in [1.807, 2.05) is 31.0 Å². The smallest absolute Gasteiger partial charge is 0.398 e. The predicted octanol–water partition coefficient (Wildman–Crippen LogP) is 2.17. The van der Waals surface area contributed by atoms with Crippen LogP contribution < -0.4 is 15.0 Å². The van der Waals surface area contributed by atoms with Gasteiger partial charge in [-0.25, -0.2) is 9.55 Å². The maximum absolute atomic E-state index is 7.58. The van der Waals surface area contributed by atoms with Gasteiger partial charge in [0.05, 0.1) is 0 Å². The van der Waals surface area contributed by atoms with E-state index >= 15 is 0 Å². The number of aryl methyl sites for hydroxylation is 3. The number of hydrogen-bond acceptors (Lipinski definition) is 3. The maximum atomic E-state index is 7.58. The van der Waals surface area contributed by atoms with Crippen LogP contribution in [0.3, 0.4) is 0 Å². The summed E-state index contributed by atoms with van der Waals surface area (Å²) < 4.78 is 53.1. The summed E-state index contributed by atoms with van der Waals surface area (Å²) in [7, 11) is 3.68. The number of furan rings is 1. The Hall–Kier alpha value is -2.56. The van der Waals surface area contributed by atoms with Gasteiger partial charge in [0.25, 0.3) is 0 Å². The second-order valence-corrected chi connectivity index (χ2v) is 5.74. The second-order valence-electron chi connectivity index (χ2n) is 5.74. The summed E-state index contributed by atoms with van der Waals surface area (Å²) in [5, 5.41) is 0.747. The molecule has 0 unspecified atom stereocenters. The van der Waals surface area contributed by atoms with Gasteiger partial charge in [-0.1, -0.05) is 12.1 Å². The lowest BCUT2D eigenvalue weighted by Crippen LogP contribution is -2.60. The zero-order valence-corrected chi connectivity index (χ0v) is 12.9. The first kappa shape index (κ1) is 8.92. The van der Waals surface area contributed by atoms with Crippen molar-refractivity contribution in [3.05, 3.63) is 53.3 Å². The molecule has 23 heavy (non-hydrogen) atoms. The topological polar surface area (TPSA) is 33.2 Å². The summed E-state index contributed by atoms with van der Waals surface area (Å²) in [6.07, 6.45) is 3.54. The van der Waals surface area contributed by atoms with Gasteiger partial charge in [-0.15, -0.1) is 0 Å². The number of aromatic nitrogens is 2. The highest BCUT2D eigenvalue weighted by atomic mass is 16.4. The fourth-order valence-electron chi connectivity index (χ4n) is 3.07. The standard InChI is InChI=1S/C18H19BN3O/c1-12-5-8-16(21(3)11-12)19-10-9-15-14-7-6-13(2)20-17(14)23-18(15)22(19)4/h5-11H,1-4H3/q+1/i1D3,2D3. The second kappa shape index (κ2) is 4.98. The average molecular weight is 310 g/mol. The average Bonchev–Trinajstić information content (AvgIpc) is 3.00. The van der Waals surface area contributed by atoms with Crippen molar-refractivity contribution in [3.63, 3.8) is 0 Å². The van der Waals surface area contributed by atoms with E-state index < -0.39 is 13.7 Å². The summed E-state index contributed by atoms with van der Waals surface area (Å²) in [5.41, 5.74) is 2.27. The minimum absolute atomic E-state index is 0.00839. The number of rotatable bonds is 1. The van der Waals surface area contributed by atoms with Crippen molar-refractivity contribution in [2.24, 2.45) is 7.05 Å². The Labute approximate surface area is 144 Å². The highest BCUT2D eigenvalue weighted by Crippen LogP contribution is 2.35. The molecule has 1 aliphatic rings. The number of hydrogen-bond donors (Lipinski definition) is 0. The molecular weight excluding hydrogens is 285 g/mol. The van der Waals surface area contributed by atoms with Crippen LogP contribution in [-0.4, -0.2) is 18.9 Å². The quantitative estimate of drug-likeness (QED) is 0.510. The molecule has 4 nitrogen and oxygen atoms in total. The summed E-state index contributed by atoms with van der Waals surface area (Å²) in [5.74, 6) is 2.59. The van der Waals surface area contributed by atoms with Crippen molar-refractivity contribution in [1.29, 1.82) is 0 Å². The van der Waals surface area contributed by atoms with Crippen LogP contribution in [0.2, 0.25) is 0 Å². The van der Waals surface area contributed by atoms with Crippen molar-refractivity contribution in [3.8, 4) is 0 Å². The van der Waals surface area contributed by atoms with Crippen molar-refractivity contribution >= 4 is 35.5 Å². The van der Waals surface area contributed by atoms with E-state index in [9.17, 15) is 0 Å². The molecule has 5 heteroatoms. The fourth-order valence-corrected chi connectivity index (χ4v) is 3.07. The molecule has 0 N–H and O–H groups in total. The van der Waals surface area contributed by atoms with E-state index in [0.717, 1.165) is 16.5 Å². The van der Waals surface area contributed by atoms with Gasteiger partial charge in [-0.05, 0) is 45.0 Å². The fraction of sp³-hybridized carbons (Fsp3) is 0.222. The molecule has 0 atom stereocenters. The third-order valence-electron chi connectivity index (χ3n) is 4.23. The highest BCUT2D eigenvalue weighted by Gasteiger charge is 2.35. The Morgan fingerprint density at radius 2 is 2.17 bits per heavy atom. The molecular formula is C18H19BN3O+. The zero-order valence-electron chi connectivity index (χ0n) is 18.9. The molecule has 0 aliphatic carbocycles. The van der Waals surface area contributed by atoms with Crippen LogP contribution in [0.5, 0.6) is 0 Å². The summed E-state index contributed by atoms with van der Waals surface area (Å²) in [4.78, 5) is 6.11. The number of nitrogens with zero attached hydrogens (tertiary/aromatic N) is 3. The van der Waals surface area contributed by atoms with E-state index in [1.165, 1.54) is 6.07 Å². The molecule has 0 aromatic carbocycles. The van der Waals surface area contributed by atoms with Crippen LogP contribution in [0.1, 0.15) is 25.0 Å². The summed E-state index contributed by atoms with van der Waals surface area (Å²) >= 11 is 0. The summed E-state index contributed by atoms with van der Waals surface area (Å²) in [6, 6.07) is 6.63. The van der Waals surface area contributed by atoms with Crippen LogP contribution >= 0.6 is 0 Å². The van der Waals surface area contributed by atoms with Crippen molar-refractivity contribution in [1.82, 2.24) is 4.98 Å². The SMILES string of the molecule is [2H]C([2H])([2H])c1ccc(B2C=Cc3c(oc4nc(C([2H])([2H])[2H])ccc34)N2C)[n+](C)c1. The van der Waals surface area contributed by atoms with Gasteiger partial charge in [0.15, 0.2) is 17.7 Å². The lowest BCUT2D eigenvalue weighted by molar-refractivity contribution is -0.654. The molecule has 4 heterocycles. The van der Waals surface area contributed by atoms with Crippen LogP contribution in [0.25, 0.3) is 17.2 Å². The Morgan fingerprint density at radius 3 is 2.96 bits per heavy atom. The summed E-state index contributed by atoms with van der Waals surface area (Å²) in [6.45, 7) is -4.65. The monoisotopic (exact) mass is 310 g/mol. The van der Waals surface area contributed by atoms with Crippen LogP contribution in [0.15, 0.2) is 40.9 Å². The number of anilines is 1. The minimum Gasteiger partial charge on any atom is -0.423 e. The lowest BCUT2D eigenvalue weighted by Gasteiger charge is -2.24. The van der Waals surface area contributed by atoms with E-state index in [1.54, 1.807) is 29.0 Å². The third kappa shape index (κ3) is 2.15. The van der Waals surface area contributed by atoms with Crippen molar-refractivity contribution in [2.45, 2.75) is 13.7 Å². The normalized spacial score (nSPS) is 18.7. The lowest BCUT2D eigenvalue weighted by atomic mass is 9.55. The Balaban J connectivity index is 1.75. The molecule has 3 aromatic rings. The first-order valence-corrected chi connectivity index (χ1v) is 7.32. The van der Waals surface area contributed by atoms with Gasteiger partial charge in [0, 0.05) is 30.4 Å². The first-order valence-electron chi connectivity index (χ1n) is 10.3. The van der Waals surface area contributed by atoms with Crippen LogP contribution in [0, 0.1) is 13.7 Å². The molecule has 1 aliphatic heterocycles. The molecule has 0 saturated carbocycles. The van der Waals surface area contributed by atoms with Gasteiger partial charge >= 0.3 is 6.85 Å². The van der Waals surface area contributed by atoms with Gasteiger partial charge in [0.2, 0.25) is 5.71 Å². The van der Waals surface area contributed by atoms with Gasteiger partial charge < -0.3 is 9.23 Å². The maximum Gasteiger partial charge on any atom is 0.398 e. The number of fused-ring (bicyclic) bond motifs is 3. The minimum atomic E-state index is -2.30. The highest BCUT2D eigenvalue weighted by molar-refractivity contribution is 6.80. The molecule has 0 amide bonds. The molecule has 114 valence electrons. The van der Waals surface area contributed by atoms with Crippen molar-refractivity contribution < 1.29 is 17.2 Å². The van der Waals surface area contributed by atoms with Crippen LogP contribution in [-0.2, 0) is 7.05 Å². The zero-order chi connectivity index (χ0) is 21.1. The Kier molecular flexibility index (Phi) is 1.93. The molecule has 0 spiro atoms. The van der Waals surface area contributed by atoms with E-state index in [0.29, 0.717) is 5.88 Å². The largest absolute Gasteiger partial charge is 0.423 e. The third-order valence-corrected chi connectivity index (χ3v) is 4.23. The molecule has 4 rings (SSSR count). The Morgan fingerprint density at radius 1 is 1.26 bits per heavy atom. The van der Waals surface area contributed by atoms with Crippen LogP contribution in [0.4, 0.5) is 5.88 Å². The molecule has 0 bridgehead atoms. The van der Waals surface area contributed by atoms with Gasteiger partial charge in [-0.2, -0.15) is 0 Å². The van der Waals surface area contributed by atoms with E-state index in [2.05, 4.69) is 4.98 Å². The predicted molar refractivity (Wildman–Crippen MR) is 93.9 cm³/mol. The molecule has 3 aromatic heterocycles. The van der Waals surface area contributed by atoms with Gasteiger partial charge in [0.1, 0.15) is 7.05 Å². The number of pyridine rings is 2.